The summed E-state index contributed by atoms with van der Waals surface area (Å²) in [6.07, 6.45) is 0.987. The molecule has 2 aromatic carbocycles. The topological polar surface area (TPSA) is 20.3 Å². The lowest BCUT2D eigenvalue weighted by Gasteiger charge is -2.20. The molecule has 0 aromatic heterocycles. The summed E-state index contributed by atoms with van der Waals surface area (Å²) in [5.74, 6) is 0.123. The number of hydrogen-bond acceptors (Lipinski definition) is 2. The third-order valence-electron chi connectivity index (χ3n) is 3.80. The van der Waals surface area contributed by atoms with E-state index in [-0.39, 0.29) is 5.78 Å². The van der Waals surface area contributed by atoms with E-state index < -0.39 is 0 Å². The minimum absolute atomic E-state index is 0.123. The summed E-state index contributed by atoms with van der Waals surface area (Å²) >= 11 is 6.23. The van der Waals surface area contributed by atoms with E-state index in [2.05, 4.69) is 17.0 Å². The van der Waals surface area contributed by atoms with E-state index in [1.54, 1.807) is 6.92 Å². The highest BCUT2D eigenvalue weighted by molar-refractivity contribution is 6.31. The zero-order chi connectivity index (χ0) is 14.1. The first-order valence-electron chi connectivity index (χ1n) is 6.77. The summed E-state index contributed by atoms with van der Waals surface area (Å²) in [6, 6.07) is 13.9. The highest BCUT2D eigenvalue weighted by atomic mass is 35.5. The molecule has 0 amide bonds. The van der Waals surface area contributed by atoms with E-state index in [0.717, 1.165) is 35.7 Å². The lowest BCUT2D eigenvalue weighted by molar-refractivity contribution is 0.101. The summed E-state index contributed by atoms with van der Waals surface area (Å²) in [6.45, 7) is 3.40. The molecule has 1 aliphatic heterocycles. The molecule has 20 heavy (non-hydrogen) atoms. The number of anilines is 1. The summed E-state index contributed by atoms with van der Waals surface area (Å²) in [4.78, 5) is 13.8. The Morgan fingerprint density at radius 2 is 2.05 bits per heavy atom. The SMILES string of the molecule is CC(=O)c1ccc2c(c1)CCN2Cc1ccccc1Cl. The molecular formula is C17H16ClNO. The average Bonchev–Trinajstić information content (AvgIpc) is 2.84. The van der Waals surface area contributed by atoms with Gasteiger partial charge in [-0.2, -0.15) is 0 Å². The molecule has 0 spiro atoms. The third kappa shape index (κ3) is 2.44. The van der Waals surface area contributed by atoms with Gasteiger partial charge in [0.1, 0.15) is 0 Å². The molecule has 0 aliphatic carbocycles. The first-order chi connectivity index (χ1) is 9.65. The minimum atomic E-state index is 0.123. The van der Waals surface area contributed by atoms with Crippen molar-refractivity contribution in [3.63, 3.8) is 0 Å². The fourth-order valence-corrected chi connectivity index (χ4v) is 2.88. The molecule has 0 saturated carbocycles. The van der Waals surface area contributed by atoms with Crippen molar-refractivity contribution in [3.8, 4) is 0 Å². The molecule has 2 aromatic rings. The summed E-state index contributed by atoms with van der Waals surface area (Å²) < 4.78 is 0. The van der Waals surface area contributed by atoms with Gasteiger partial charge in [0.25, 0.3) is 0 Å². The predicted octanol–water partition coefficient (Wildman–Crippen LogP) is 4.11. The molecule has 1 aliphatic rings. The molecule has 0 atom stereocenters. The van der Waals surface area contributed by atoms with Gasteiger partial charge in [-0.25, -0.2) is 0 Å². The van der Waals surface area contributed by atoms with Gasteiger partial charge in [-0.15, -0.1) is 0 Å². The maximum atomic E-state index is 11.4. The standard InChI is InChI=1S/C17H16ClNO/c1-12(20)13-6-7-17-14(10-13)8-9-19(17)11-15-4-2-3-5-16(15)18/h2-7,10H,8-9,11H2,1H3. The Kier molecular flexibility index (Phi) is 3.49. The monoisotopic (exact) mass is 285 g/mol. The third-order valence-corrected chi connectivity index (χ3v) is 4.17. The zero-order valence-corrected chi connectivity index (χ0v) is 12.2. The van der Waals surface area contributed by atoms with Crippen molar-refractivity contribution < 1.29 is 4.79 Å². The van der Waals surface area contributed by atoms with Crippen molar-refractivity contribution in [2.45, 2.75) is 19.9 Å². The van der Waals surface area contributed by atoms with Crippen LogP contribution < -0.4 is 4.90 Å². The molecule has 0 unspecified atom stereocenters. The molecule has 3 heteroatoms. The Labute approximate surface area is 124 Å². The van der Waals surface area contributed by atoms with Crippen molar-refractivity contribution in [1.29, 1.82) is 0 Å². The number of ketones is 1. The number of nitrogens with zero attached hydrogens (tertiary/aromatic N) is 1. The number of rotatable bonds is 3. The van der Waals surface area contributed by atoms with Gasteiger partial charge in [0.2, 0.25) is 0 Å². The van der Waals surface area contributed by atoms with Crippen molar-refractivity contribution in [1.82, 2.24) is 0 Å². The molecule has 3 rings (SSSR count). The van der Waals surface area contributed by atoms with Gasteiger partial charge in [0, 0.05) is 29.4 Å². The molecule has 0 radical (unpaired) electrons. The van der Waals surface area contributed by atoms with Gasteiger partial charge in [-0.1, -0.05) is 29.8 Å². The number of carbonyl (C=O) groups is 1. The molecule has 102 valence electrons. The van der Waals surface area contributed by atoms with Crippen LogP contribution in [-0.2, 0) is 13.0 Å². The summed E-state index contributed by atoms with van der Waals surface area (Å²) in [5, 5.41) is 0.807. The van der Waals surface area contributed by atoms with Gasteiger partial charge < -0.3 is 4.90 Å². The quantitative estimate of drug-likeness (QED) is 0.791. The number of Topliss-reactive ketones (excluding diaryl/α,β-unsaturated/α-hetero) is 1. The largest absolute Gasteiger partial charge is 0.367 e. The van der Waals surface area contributed by atoms with Crippen molar-refractivity contribution in [2.75, 3.05) is 11.4 Å². The van der Waals surface area contributed by atoms with E-state index in [9.17, 15) is 4.79 Å². The van der Waals surface area contributed by atoms with Crippen LogP contribution in [0.5, 0.6) is 0 Å². The Balaban J connectivity index is 1.87. The maximum Gasteiger partial charge on any atom is 0.159 e. The number of carbonyl (C=O) groups excluding carboxylic acids is 1. The first kappa shape index (κ1) is 13.2. The number of hydrogen-bond donors (Lipinski definition) is 0. The zero-order valence-electron chi connectivity index (χ0n) is 11.4. The van der Waals surface area contributed by atoms with Gasteiger partial charge in [0.15, 0.2) is 5.78 Å². The van der Waals surface area contributed by atoms with Crippen molar-refractivity contribution >= 4 is 23.1 Å². The fourth-order valence-electron chi connectivity index (χ4n) is 2.69. The molecule has 2 nitrogen and oxygen atoms in total. The highest BCUT2D eigenvalue weighted by Gasteiger charge is 2.20. The van der Waals surface area contributed by atoms with E-state index in [1.165, 1.54) is 11.3 Å². The Morgan fingerprint density at radius 3 is 2.80 bits per heavy atom. The molecule has 0 N–H and O–H groups in total. The molecule has 0 bridgehead atoms. The van der Waals surface area contributed by atoms with Crippen LogP contribution in [0, 0.1) is 0 Å². The second-order valence-electron chi connectivity index (χ2n) is 5.16. The Bertz CT molecular complexity index is 666. The highest BCUT2D eigenvalue weighted by Crippen LogP contribution is 2.31. The lowest BCUT2D eigenvalue weighted by Crippen LogP contribution is -2.19. The summed E-state index contributed by atoms with van der Waals surface area (Å²) in [5.41, 5.74) is 4.40. The van der Waals surface area contributed by atoms with E-state index in [4.69, 9.17) is 11.6 Å². The summed E-state index contributed by atoms with van der Waals surface area (Å²) in [7, 11) is 0. The van der Waals surface area contributed by atoms with Crippen LogP contribution in [0.1, 0.15) is 28.4 Å². The second kappa shape index (κ2) is 5.29. The molecule has 0 saturated heterocycles. The van der Waals surface area contributed by atoms with Crippen molar-refractivity contribution in [3.05, 3.63) is 64.2 Å². The molecule has 0 fully saturated rings. The van der Waals surface area contributed by atoms with Crippen LogP contribution in [-0.4, -0.2) is 12.3 Å². The van der Waals surface area contributed by atoms with Gasteiger partial charge in [0.05, 0.1) is 0 Å². The van der Waals surface area contributed by atoms with Crippen LogP contribution in [0.2, 0.25) is 5.02 Å². The van der Waals surface area contributed by atoms with Crippen LogP contribution in [0.4, 0.5) is 5.69 Å². The molecular weight excluding hydrogens is 270 g/mol. The van der Waals surface area contributed by atoms with Gasteiger partial charge in [-0.05, 0) is 48.7 Å². The number of fused-ring (bicyclic) bond motifs is 1. The average molecular weight is 286 g/mol. The second-order valence-corrected chi connectivity index (χ2v) is 5.57. The van der Waals surface area contributed by atoms with E-state index >= 15 is 0 Å². The first-order valence-corrected chi connectivity index (χ1v) is 7.15. The van der Waals surface area contributed by atoms with E-state index in [0.29, 0.717) is 0 Å². The number of benzene rings is 2. The van der Waals surface area contributed by atoms with Crippen LogP contribution in [0.15, 0.2) is 42.5 Å². The maximum absolute atomic E-state index is 11.4. The molecule has 1 heterocycles. The lowest BCUT2D eigenvalue weighted by atomic mass is 10.1. The van der Waals surface area contributed by atoms with Crippen LogP contribution in [0.25, 0.3) is 0 Å². The van der Waals surface area contributed by atoms with Crippen molar-refractivity contribution in [2.24, 2.45) is 0 Å². The smallest absolute Gasteiger partial charge is 0.159 e. The predicted molar refractivity (Wildman–Crippen MR) is 82.7 cm³/mol. The number of halogens is 1. The fraction of sp³-hybridized carbons (Fsp3) is 0.235. The Hall–Kier alpha value is -1.80. The van der Waals surface area contributed by atoms with Crippen LogP contribution >= 0.6 is 11.6 Å². The van der Waals surface area contributed by atoms with Gasteiger partial charge in [-0.3, -0.25) is 4.79 Å². The van der Waals surface area contributed by atoms with Crippen LogP contribution in [0.3, 0.4) is 0 Å². The van der Waals surface area contributed by atoms with E-state index in [1.807, 2.05) is 30.3 Å². The Morgan fingerprint density at radius 1 is 1.25 bits per heavy atom. The minimum Gasteiger partial charge on any atom is -0.367 e. The normalized spacial score (nSPS) is 13.4. The van der Waals surface area contributed by atoms with Gasteiger partial charge >= 0.3 is 0 Å².